The smallest absolute Gasteiger partial charge is 0.325 e. The Morgan fingerprint density at radius 1 is 1.32 bits per heavy atom. The average molecular weight is 369 g/mol. The van der Waals surface area contributed by atoms with Crippen LogP contribution < -0.4 is 5.32 Å². The van der Waals surface area contributed by atoms with Crippen LogP contribution in [0.4, 0.5) is 5.69 Å². The predicted molar refractivity (Wildman–Crippen MR) is 90.7 cm³/mol. The van der Waals surface area contributed by atoms with Crippen molar-refractivity contribution < 1.29 is 14.3 Å². The summed E-state index contributed by atoms with van der Waals surface area (Å²) in [7, 11) is 0. The standard InChI is InChI=1S/C16H21BrN2O3/c1-9-6-11(17)7-12(14(18)10(2)20)15(9)19-8-13(21)22-16(3,4)5/h6-7,18-19H,8H2,1-5H3. The molecule has 1 rings (SSSR count). The molecule has 0 saturated carbocycles. The van der Waals surface area contributed by atoms with Crippen LogP contribution in [0.3, 0.4) is 0 Å². The van der Waals surface area contributed by atoms with E-state index in [9.17, 15) is 9.59 Å². The number of aryl methyl sites for hydroxylation is 1. The van der Waals surface area contributed by atoms with Crippen LogP contribution in [0.2, 0.25) is 0 Å². The van der Waals surface area contributed by atoms with Crippen LogP contribution in [0.1, 0.15) is 38.8 Å². The van der Waals surface area contributed by atoms with E-state index in [1.165, 1.54) is 6.92 Å². The maximum atomic E-state index is 11.8. The minimum absolute atomic E-state index is 0.0298. The number of carbonyl (C=O) groups excluding carboxylic acids is 2. The molecule has 0 spiro atoms. The Morgan fingerprint density at radius 2 is 1.91 bits per heavy atom. The zero-order valence-electron chi connectivity index (χ0n) is 13.5. The van der Waals surface area contributed by atoms with Crippen molar-refractivity contribution in [2.45, 2.75) is 40.2 Å². The molecule has 0 bridgehead atoms. The van der Waals surface area contributed by atoms with E-state index in [2.05, 4.69) is 21.2 Å². The van der Waals surface area contributed by atoms with Crippen LogP contribution in [0, 0.1) is 12.3 Å². The van der Waals surface area contributed by atoms with Crippen molar-refractivity contribution in [2.24, 2.45) is 0 Å². The fourth-order valence-electron chi connectivity index (χ4n) is 1.90. The van der Waals surface area contributed by atoms with Crippen molar-refractivity contribution >= 4 is 39.1 Å². The van der Waals surface area contributed by atoms with Crippen LogP contribution >= 0.6 is 15.9 Å². The van der Waals surface area contributed by atoms with Crippen molar-refractivity contribution in [1.29, 1.82) is 5.41 Å². The molecule has 0 aliphatic heterocycles. The number of ketones is 1. The Morgan fingerprint density at radius 3 is 2.41 bits per heavy atom. The van der Waals surface area contributed by atoms with Gasteiger partial charge in [-0.3, -0.25) is 15.0 Å². The second-order valence-corrected chi connectivity index (χ2v) is 6.93. The molecule has 1 aromatic carbocycles. The molecule has 0 aliphatic carbocycles. The third-order valence-corrected chi connectivity index (χ3v) is 3.21. The van der Waals surface area contributed by atoms with E-state index >= 15 is 0 Å². The van der Waals surface area contributed by atoms with Crippen molar-refractivity contribution in [3.63, 3.8) is 0 Å². The molecule has 120 valence electrons. The number of hydrogen-bond donors (Lipinski definition) is 2. The molecule has 1 aromatic rings. The van der Waals surface area contributed by atoms with E-state index in [1.54, 1.807) is 26.8 Å². The minimum Gasteiger partial charge on any atom is -0.459 e. The molecule has 0 fully saturated rings. The number of nitrogens with one attached hydrogen (secondary N) is 2. The Hall–Kier alpha value is -1.69. The lowest BCUT2D eigenvalue weighted by atomic mass is 10.0. The fraction of sp³-hybridized carbons (Fsp3) is 0.438. The van der Waals surface area contributed by atoms with Gasteiger partial charge < -0.3 is 10.1 Å². The Labute approximate surface area is 139 Å². The lowest BCUT2D eigenvalue weighted by Gasteiger charge is -2.21. The first-order valence-electron chi connectivity index (χ1n) is 6.87. The molecular weight excluding hydrogens is 348 g/mol. The highest BCUT2D eigenvalue weighted by molar-refractivity contribution is 9.10. The van der Waals surface area contributed by atoms with E-state index in [0.717, 1.165) is 10.0 Å². The second kappa shape index (κ2) is 7.05. The van der Waals surface area contributed by atoms with Crippen LogP contribution in [0.5, 0.6) is 0 Å². The van der Waals surface area contributed by atoms with E-state index in [0.29, 0.717) is 11.3 Å². The van der Waals surface area contributed by atoms with E-state index < -0.39 is 11.6 Å². The molecule has 22 heavy (non-hydrogen) atoms. The highest BCUT2D eigenvalue weighted by Crippen LogP contribution is 2.26. The summed E-state index contributed by atoms with van der Waals surface area (Å²) in [6.07, 6.45) is 0. The SMILES string of the molecule is CC(=O)C(=N)c1cc(Br)cc(C)c1NCC(=O)OC(C)(C)C. The van der Waals surface area contributed by atoms with Crippen molar-refractivity contribution in [2.75, 3.05) is 11.9 Å². The number of ether oxygens (including phenoxy) is 1. The summed E-state index contributed by atoms with van der Waals surface area (Å²) in [6.45, 7) is 8.55. The first kappa shape index (κ1) is 18.4. The molecule has 0 aliphatic rings. The van der Waals surface area contributed by atoms with Gasteiger partial charge in [0.2, 0.25) is 0 Å². The highest BCUT2D eigenvalue weighted by atomic mass is 79.9. The lowest BCUT2D eigenvalue weighted by molar-refractivity contribution is -0.152. The van der Waals surface area contributed by atoms with Gasteiger partial charge in [0, 0.05) is 22.6 Å². The van der Waals surface area contributed by atoms with E-state index in [-0.39, 0.29) is 18.0 Å². The van der Waals surface area contributed by atoms with Gasteiger partial charge in [-0.1, -0.05) is 15.9 Å². The van der Waals surface area contributed by atoms with Crippen molar-refractivity contribution in [1.82, 2.24) is 0 Å². The number of rotatable bonds is 5. The van der Waals surface area contributed by atoms with Crippen molar-refractivity contribution in [3.05, 3.63) is 27.7 Å². The van der Waals surface area contributed by atoms with Crippen LogP contribution in [0.25, 0.3) is 0 Å². The fourth-order valence-corrected chi connectivity index (χ4v) is 2.48. The quantitative estimate of drug-likeness (QED) is 0.615. The molecular formula is C16H21BrN2O3. The highest BCUT2D eigenvalue weighted by Gasteiger charge is 2.19. The Balaban J connectivity index is 3.01. The third kappa shape index (κ3) is 5.26. The Bertz CT molecular complexity index is 619. The zero-order chi connectivity index (χ0) is 17.1. The summed E-state index contributed by atoms with van der Waals surface area (Å²) < 4.78 is 6.01. The number of Topliss-reactive ketones (excluding diaryl/α,β-unsaturated/α-hetero) is 1. The zero-order valence-corrected chi connectivity index (χ0v) is 15.1. The molecule has 5 nitrogen and oxygen atoms in total. The number of hydrogen-bond acceptors (Lipinski definition) is 5. The maximum Gasteiger partial charge on any atom is 0.325 e. The van der Waals surface area contributed by atoms with Gasteiger partial charge in [-0.15, -0.1) is 0 Å². The van der Waals surface area contributed by atoms with Gasteiger partial charge in [0.1, 0.15) is 17.9 Å². The number of esters is 1. The van der Waals surface area contributed by atoms with Crippen molar-refractivity contribution in [3.8, 4) is 0 Å². The van der Waals surface area contributed by atoms with Gasteiger partial charge in [-0.2, -0.15) is 0 Å². The van der Waals surface area contributed by atoms with Gasteiger partial charge in [-0.25, -0.2) is 0 Å². The first-order valence-corrected chi connectivity index (χ1v) is 7.66. The summed E-state index contributed by atoms with van der Waals surface area (Å²) in [5, 5.41) is 10.9. The van der Waals surface area contributed by atoms with Gasteiger partial charge in [0.05, 0.1) is 0 Å². The maximum absolute atomic E-state index is 11.8. The van der Waals surface area contributed by atoms with Crippen LogP contribution in [0.15, 0.2) is 16.6 Å². The third-order valence-electron chi connectivity index (χ3n) is 2.75. The molecule has 0 saturated heterocycles. The summed E-state index contributed by atoms with van der Waals surface area (Å²) in [5.41, 5.74) is 1.23. The summed E-state index contributed by atoms with van der Waals surface area (Å²) in [5.74, 6) is -0.729. The monoisotopic (exact) mass is 368 g/mol. The topological polar surface area (TPSA) is 79.3 Å². The molecule has 2 N–H and O–H groups in total. The van der Waals surface area contributed by atoms with Crippen LogP contribution in [-0.4, -0.2) is 29.6 Å². The normalized spacial score (nSPS) is 11.0. The lowest BCUT2D eigenvalue weighted by Crippen LogP contribution is -2.28. The largest absolute Gasteiger partial charge is 0.459 e. The number of anilines is 1. The summed E-state index contributed by atoms with van der Waals surface area (Å²) >= 11 is 3.36. The van der Waals surface area contributed by atoms with Gasteiger partial charge in [0.15, 0.2) is 5.78 Å². The Kier molecular flexibility index (Phi) is 5.88. The molecule has 0 atom stereocenters. The second-order valence-electron chi connectivity index (χ2n) is 6.02. The first-order chi connectivity index (χ1) is 10.0. The van der Waals surface area contributed by atoms with Gasteiger partial charge in [-0.05, 0) is 45.4 Å². The summed E-state index contributed by atoms with van der Waals surface area (Å²) in [6, 6.07) is 3.54. The number of halogens is 1. The number of carbonyl (C=O) groups is 2. The van der Waals surface area contributed by atoms with Gasteiger partial charge >= 0.3 is 5.97 Å². The average Bonchev–Trinajstić information content (AvgIpc) is 2.33. The summed E-state index contributed by atoms with van der Waals surface area (Å²) in [4.78, 5) is 23.3. The molecule has 0 unspecified atom stereocenters. The number of benzene rings is 1. The molecule has 0 radical (unpaired) electrons. The van der Waals surface area contributed by atoms with E-state index in [1.807, 2.05) is 13.0 Å². The minimum atomic E-state index is -0.553. The molecule has 0 heterocycles. The molecule has 0 aromatic heterocycles. The molecule has 6 heteroatoms. The van der Waals surface area contributed by atoms with Gasteiger partial charge in [0.25, 0.3) is 0 Å². The molecule has 0 amide bonds. The predicted octanol–water partition coefficient (Wildman–Crippen LogP) is 3.47. The van der Waals surface area contributed by atoms with Crippen LogP contribution in [-0.2, 0) is 14.3 Å². The van der Waals surface area contributed by atoms with E-state index in [4.69, 9.17) is 10.1 Å².